The van der Waals surface area contributed by atoms with Crippen molar-refractivity contribution in [3.8, 4) is 11.3 Å². The van der Waals surface area contributed by atoms with Crippen molar-refractivity contribution in [2.45, 2.75) is 6.18 Å². The van der Waals surface area contributed by atoms with Crippen LogP contribution >= 0.6 is 11.5 Å². The van der Waals surface area contributed by atoms with Crippen LogP contribution in [0.5, 0.6) is 0 Å². The predicted octanol–water partition coefficient (Wildman–Crippen LogP) is 3.20. The van der Waals surface area contributed by atoms with Crippen LogP contribution in [0.4, 0.5) is 18.9 Å². The molecule has 0 bridgehead atoms. The van der Waals surface area contributed by atoms with E-state index < -0.39 is 17.7 Å². The molecule has 0 aliphatic heterocycles. The van der Waals surface area contributed by atoms with E-state index in [1.165, 1.54) is 19.2 Å². The van der Waals surface area contributed by atoms with Gasteiger partial charge in [0.15, 0.2) is 4.88 Å². The molecule has 0 saturated carbocycles. The molecule has 0 spiro atoms. The topological polar surface area (TPSA) is 65.2 Å². The number of nitrogen functional groups attached to an aromatic ring is 1. The number of rotatable bonds is 2. The number of halogens is 3. The summed E-state index contributed by atoms with van der Waals surface area (Å²) >= 11 is 0.842. The van der Waals surface area contributed by atoms with E-state index in [4.69, 9.17) is 5.73 Å². The number of esters is 1. The van der Waals surface area contributed by atoms with Crippen molar-refractivity contribution < 1.29 is 22.7 Å². The number of anilines is 1. The van der Waals surface area contributed by atoms with Crippen LogP contribution in [-0.4, -0.2) is 17.5 Å². The molecule has 2 rings (SSSR count). The molecule has 0 aliphatic carbocycles. The number of nitrogens with two attached hydrogens (primary N) is 1. The van der Waals surface area contributed by atoms with Gasteiger partial charge in [0.05, 0.1) is 18.4 Å². The Morgan fingerprint density at radius 1 is 1.30 bits per heavy atom. The highest BCUT2D eigenvalue weighted by atomic mass is 32.1. The summed E-state index contributed by atoms with van der Waals surface area (Å²) in [5.74, 6) is -0.627. The first kappa shape index (κ1) is 14.3. The summed E-state index contributed by atoms with van der Waals surface area (Å²) in [7, 11) is 1.21. The molecule has 106 valence electrons. The molecule has 1 heterocycles. The molecule has 1 aromatic carbocycles. The van der Waals surface area contributed by atoms with Crippen molar-refractivity contribution in [1.82, 2.24) is 4.37 Å². The fraction of sp³-hybridized carbons (Fsp3) is 0.167. The van der Waals surface area contributed by atoms with Gasteiger partial charge in [0, 0.05) is 5.56 Å². The lowest BCUT2D eigenvalue weighted by Crippen LogP contribution is -2.04. The number of methoxy groups -OCH3 is 1. The molecular formula is C12H9F3N2O2S. The van der Waals surface area contributed by atoms with Crippen LogP contribution in [0, 0.1) is 0 Å². The van der Waals surface area contributed by atoms with E-state index in [9.17, 15) is 18.0 Å². The predicted molar refractivity (Wildman–Crippen MR) is 68.3 cm³/mol. The minimum Gasteiger partial charge on any atom is -0.465 e. The molecular weight excluding hydrogens is 293 g/mol. The van der Waals surface area contributed by atoms with E-state index in [-0.39, 0.29) is 16.3 Å². The molecule has 0 unspecified atom stereocenters. The van der Waals surface area contributed by atoms with Gasteiger partial charge in [-0.2, -0.15) is 17.5 Å². The Labute approximate surface area is 116 Å². The maximum absolute atomic E-state index is 12.5. The summed E-state index contributed by atoms with van der Waals surface area (Å²) in [5.41, 5.74) is 5.77. The summed E-state index contributed by atoms with van der Waals surface area (Å²) in [6.45, 7) is 0. The lowest BCUT2D eigenvalue weighted by Gasteiger charge is -2.07. The Hall–Kier alpha value is -2.09. The first-order valence-electron chi connectivity index (χ1n) is 5.35. The monoisotopic (exact) mass is 302 g/mol. The van der Waals surface area contributed by atoms with E-state index >= 15 is 0 Å². The number of carbonyl (C=O) groups excluding carboxylic acids is 1. The lowest BCUT2D eigenvalue weighted by atomic mass is 10.1. The Kier molecular flexibility index (Phi) is 3.67. The standard InChI is InChI=1S/C12H9F3N2O2S/c1-19-11(18)10-8(16)9(17-20-10)6-2-4-7(5-3-6)12(13,14)15/h2-5H,16H2,1H3. The summed E-state index contributed by atoms with van der Waals surface area (Å²) in [6.07, 6.45) is -4.40. The van der Waals surface area contributed by atoms with Gasteiger partial charge in [-0.3, -0.25) is 0 Å². The molecule has 2 aromatic rings. The quantitative estimate of drug-likeness (QED) is 0.865. The smallest absolute Gasteiger partial charge is 0.416 e. The van der Waals surface area contributed by atoms with Crippen molar-refractivity contribution in [2.75, 3.05) is 12.8 Å². The van der Waals surface area contributed by atoms with E-state index in [2.05, 4.69) is 9.11 Å². The summed E-state index contributed by atoms with van der Waals surface area (Å²) in [5, 5.41) is 0. The Balaban J connectivity index is 2.38. The number of aromatic nitrogens is 1. The van der Waals surface area contributed by atoms with Gasteiger partial charge in [0.25, 0.3) is 0 Å². The van der Waals surface area contributed by atoms with Gasteiger partial charge in [-0.1, -0.05) is 12.1 Å². The molecule has 2 N–H and O–H groups in total. The molecule has 4 nitrogen and oxygen atoms in total. The van der Waals surface area contributed by atoms with E-state index in [0.717, 1.165) is 23.7 Å². The van der Waals surface area contributed by atoms with E-state index in [1.54, 1.807) is 0 Å². The van der Waals surface area contributed by atoms with Gasteiger partial charge in [0.1, 0.15) is 5.69 Å². The highest BCUT2D eigenvalue weighted by Gasteiger charge is 2.30. The fourth-order valence-electron chi connectivity index (χ4n) is 1.56. The Morgan fingerprint density at radius 2 is 1.90 bits per heavy atom. The summed E-state index contributed by atoms with van der Waals surface area (Å²) < 4.78 is 45.9. The average molecular weight is 302 g/mol. The number of carbonyl (C=O) groups is 1. The lowest BCUT2D eigenvalue weighted by molar-refractivity contribution is -0.137. The van der Waals surface area contributed by atoms with Crippen molar-refractivity contribution in [3.63, 3.8) is 0 Å². The second kappa shape index (κ2) is 5.12. The molecule has 0 fully saturated rings. The summed E-state index contributed by atoms with van der Waals surface area (Å²) in [4.78, 5) is 11.5. The first-order chi connectivity index (χ1) is 9.34. The molecule has 0 aliphatic rings. The molecule has 0 radical (unpaired) electrons. The van der Waals surface area contributed by atoms with Crippen LogP contribution in [0.2, 0.25) is 0 Å². The second-order valence-electron chi connectivity index (χ2n) is 3.84. The van der Waals surface area contributed by atoms with Crippen LogP contribution in [-0.2, 0) is 10.9 Å². The van der Waals surface area contributed by atoms with Crippen LogP contribution in [0.3, 0.4) is 0 Å². The Bertz CT molecular complexity index is 635. The van der Waals surface area contributed by atoms with Crippen LogP contribution in [0.25, 0.3) is 11.3 Å². The van der Waals surface area contributed by atoms with Crippen LogP contribution in [0.1, 0.15) is 15.2 Å². The number of nitrogens with zero attached hydrogens (tertiary/aromatic N) is 1. The van der Waals surface area contributed by atoms with Gasteiger partial charge in [-0.15, -0.1) is 0 Å². The first-order valence-corrected chi connectivity index (χ1v) is 6.13. The molecule has 0 amide bonds. The van der Waals surface area contributed by atoms with Gasteiger partial charge >= 0.3 is 12.1 Å². The molecule has 0 saturated heterocycles. The number of hydrogen-bond acceptors (Lipinski definition) is 5. The molecule has 0 atom stereocenters. The minimum atomic E-state index is -4.40. The highest BCUT2D eigenvalue weighted by Crippen LogP contribution is 2.34. The van der Waals surface area contributed by atoms with E-state index in [0.29, 0.717) is 5.56 Å². The third-order valence-electron chi connectivity index (χ3n) is 2.58. The van der Waals surface area contributed by atoms with Gasteiger partial charge in [-0.25, -0.2) is 4.79 Å². The number of ether oxygens (including phenoxy) is 1. The zero-order chi connectivity index (χ0) is 14.9. The van der Waals surface area contributed by atoms with Crippen molar-refractivity contribution in [1.29, 1.82) is 0 Å². The maximum Gasteiger partial charge on any atom is 0.416 e. The van der Waals surface area contributed by atoms with Crippen molar-refractivity contribution >= 4 is 23.2 Å². The minimum absolute atomic E-state index is 0.0987. The number of benzene rings is 1. The van der Waals surface area contributed by atoms with Gasteiger partial charge < -0.3 is 10.5 Å². The van der Waals surface area contributed by atoms with Gasteiger partial charge in [-0.05, 0) is 23.7 Å². The largest absolute Gasteiger partial charge is 0.465 e. The normalized spacial score (nSPS) is 11.4. The van der Waals surface area contributed by atoms with Crippen molar-refractivity contribution in [3.05, 3.63) is 34.7 Å². The third kappa shape index (κ3) is 2.60. The fourth-order valence-corrected chi connectivity index (χ4v) is 2.30. The molecule has 8 heteroatoms. The van der Waals surface area contributed by atoms with E-state index in [1.807, 2.05) is 0 Å². The number of hydrogen-bond donors (Lipinski definition) is 1. The summed E-state index contributed by atoms with van der Waals surface area (Å²) in [6, 6.07) is 4.39. The zero-order valence-corrected chi connectivity index (χ0v) is 11.0. The van der Waals surface area contributed by atoms with Crippen LogP contribution < -0.4 is 5.73 Å². The molecule has 1 aromatic heterocycles. The van der Waals surface area contributed by atoms with Crippen molar-refractivity contribution in [2.24, 2.45) is 0 Å². The zero-order valence-electron chi connectivity index (χ0n) is 10.2. The SMILES string of the molecule is COC(=O)c1snc(-c2ccc(C(F)(F)F)cc2)c1N. The average Bonchev–Trinajstić information content (AvgIpc) is 2.79. The number of alkyl halides is 3. The molecule has 20 heavy (non-hydrogen) atoms. The van der Waals surface area contributed by atoms with Crippen LogP contribution in [0.15, 0.2) is 24.3 Å². The third-order valence-corrected chi connectivity index (χ3v) is 3.43. The highest BCUT2D eigenvalue weighted by molar-refractivity contribution is 7.09. The second-order valence-corrected chi connectivity index (χ2v) is 4.61. The Morgan fingerprint density at radius 3 is 2.40 bits per heavy atom. The van der Waals surface area contributed by atoms with Gasteiger partial charge in [0.2, 0.25) is 0 Å². The maximum atomic E-state index is 12.5.